The molecule has 0 N–H and O–H groups in total. The number of anilines is 1. The van der Waals surface area contributed by atoms with Crippen LogP contribution >= 0.6 is 0 Å². The van der Waals surface area contributed by atoms with Gasteiger partial charge in [-0.1, -0.05) is 37.0 Å². The molecule has 3 rings (SSSR count). The third-order valence-electron chi connectivity index (χ3n) is 5.23. The van der Waals surface area contributed by atoms with E-state index < -0.39 is 17.6 Å². The molecule has 2 unspecified atom stereocenters. The Morgan fingerprint density at radius 3 is 2.22 bits per heavy atom. The molecule has 0 aromatic heterocycles. The standard InChI is InChI=1S/C19H23NO3/c1-12-8-10-15(11-9-12)20-17(14-6-4-3-5-7-14)16(13(2)21)18(22)19(20)23/h8-11,14,16-17H,3-7H2,1-2H3. The Labute approximate surface area is 136 Å². The molecule has 0 radical (unpaired) electrons. The van der Waals surface area contributed by atoms with Gasteiger partial charge in [0.1, 0.15) is 11.7 Å². The monoisotopic (exact) mass is 313 g/mol. The van der Waals surface area contributed by atoms with Gasteiger partial charge in [-0.25, -0.2) is 0 Å². The van der Waals surface area contributed by atoms with E-state index in [4.69, 9.17) is 0 Å². The normalized spacial score (nSPS) is 25.9. The molecular weight excluding hydrogens is 290 g/mol. The van der Waals surface area contributed by atoms with Crippen LogP contribution in [0.1, 0.15) is 44.6 Å². The number of carbonyl (C=O) groups excluding carboxylic acids is 3. The zero-order valence-electron chi connectivity index (χ0n) is 13.7. The van der Waals surface area contributed by atoms with Crippen molar-refractivity contribution in [3.05, 3.63) is 29.8 Å². The maximum Gasteiger partial charge on any atom is 0.295 e. The van der Waals surface area contributed by atoms with Crippen LogP contribution in [0.3, 0.4) is 0 Å². The smallest absolute Gasteiger partial charge is 0.295 e. The van der Waals surface area contributed by atoms with Gasteiger partial charge in [-0.3, -0.25) is 14.4 Å². The van der Waals surface area contributed by atoms with E-state index in [1.165, 1.54) is 13.3 Å². The Morgan fingerprint density at radius 1 is 1.04 bits per heavy atom. The summed E-state index contributed by atoms with van der Waals surface area (Å²) in [7, 11) is 0. The average Bonchev–Trinajstić information content (AvgIpc) is 2.81. The van der Waals surface area contributed by atoms with E-state index in [9.17, 15) is 14.4 Å². The van der Waals surface area contributed by atoms with Gasteiger partial charge in [0, 0.05) is 5.69 Å². The van der Waals surface area contributed by atoms with E-state index in [0.717, 1.165) is 36.9 Å². The highest BCUT2D eigenvalue weighted by molar-refractivity contribution is 6.48. The molecule has 1 saturated carbocycles. The second kappa shape index (κ2) is 6.26. The van der Waals surface area contributed by atoms with Crippen LogP contribution in [0.4, 0.5) is 5.69 Å². The first-order chi connectivity index (χ1) is 11.0. The van der Waals surface area contributed by atoms with Gasteiger partial charge in [-0.05, 0) is 44.7 Å². The van der Waals surface area contributed by atoms with Crippen LogP contribution in [0.2, 0.25) is 0 Å². The minimum atomic E-state index is -0.799. The summed E-state index contributed by atoms with van der Waals surface area (Å²) in [6.07, 6.45) is 5.38. The van der Waals surface area contributed by atoms with Crippen LogP contribution in [-0.2, 0) is 14.4 Å². The summed E-state index contributed by atoms with van der Waals surface area (Å²) in [5, 5.41) is 0. The topological polar surface area (TPSA) is 54.5 Å². The first kappa shape index (κ1) is 15.9. The SMILES string of the molecule is CC(=O)C1C(=O)C(=O)N(c2ccc(C)cc2)C1C1CCCCC1. The van der Waals surface area contributed by atoms with E-state index in [0.29, 0.717) is 0 Å². The molecule has 4 heteroatoms. The van der Waals surface area contributed by atoms with Crippen molar-refractivity contribution >= 4 is 23.2 Å². The van der Waals surface area contributed by atoms with E-state index in [1.807, 2.05) is 31.2 Å². The van der Waals surface area contributed by atoms with Gasteiger partial charge in [0.15, 0.2) is 0 Å². The van der Waals surface area contributed by atoms with Crippen molar-refractivity contribution in [1.82, 2.24) is 0 Å². The number of Topliss-reactive ketones (excluding diaryl/α,β-unsaturated/α-hetero) is 2. The summed E-state index contributed by atoms with van der Waals surface area (Å²) < 4.78 is 0. The molecule has 0 bridgehead atoms. The molecule has 1 aromatic carbocycles. The van der Waals surface area contributed by atoms with Crippen LogP contribution in [0, 0.1) is 18.8 Å². The number of hydrogen-bond acceptors (Lipinski definition) is 3. The number of ketones is 2. The Bertz CT molecular complexity index is 629. The highest BCUT2D eigenvalue weighted by Gasteiger charge is 2.52. The summed E-state index contributed by atoms with van der Waals surface area (Å²) in [4.78, 5) is 38.7. The van der Waals surface area contributed by atoms with Gasteiger partial charge in [-0.15, -0.1) is 0 Å². The number of rotatable bonds is 3. The number of amides is 1. The summed E-state index contributed by atoms with van der Waals surface area (Å²) in [6, 6.07) is 7.31. The minimum absolute atomic E-state index is 0.187. The first-order valence-corrected chi connectivity index (χ1v) is 8.45. The van der Waals surface area contributed by atoms with Crippen molar-refractivity contribution in [2.45, 2.75) is 52.0 Å². The van der Waals surface area contributed by atoms with Crippen LogP contribution < -0.4 is 4.90 Å². The Morgan fingerprint density at radius 2 is 1.65 bits per heavy atom. The van der Waals surface area contributed by atoms with Gasteiger partial charge < -0.3 is 4.90 Å². The molecule has 1 heterocycles. The second-order valence-electron chi connectivity index (χ2n) is 6.85. The number of benzene rings is 1. The number of carbonyl (C=O) groups is 3. The van der Waals surface area contributed by atoms with E-state index >= 15 is 0 Å². The fourth-order valence-electron chi connectivity index (χ4n) is 4.07. The third-order valence-corrected chi connectivity index (χ3v) is 5.23. The highest BCUT2D eigenvalue weighted by Crippen LogP contribution is 2.39. The van der Waals surface area contributed by atoms with Crippen molar-refractivity contribution in [2.24, 2.45) is 11.8 Å². The van der Waals surface area contributed by atoms with Crippen LogP contribution in [0.5, 0.6) is 0 Å². The van der Waals surface area contributed by atoms with Crippen molar-refractivity contribution < 1.29 is 14.4 Å². The van der Waals surface area contributed by atoms with Gasteiger partial charge in [0.05, 0.1) is 6.04 Å². The molecule has 1 aromatic rings. The zero-order chi connectivity index (χ0) is 16.6. The molecule has 4 nitrogen and oxygen atoms in total. The molecular formula is C19H23NO3. The van der Waals surface area contributed by atoms with E-state index in [1.54, 1.807) is 4.90 Å². The molecule has 1 amide bonds. The zero-order valence-corrected chi connectivity index (χ0v) is 13.7. The van der Waals surface area contributed by atoms with Gasteiger partial charge in [-0.2, -0.15) is 0 Å². The third kappa shape index (κ3) is 2.82. The predicted octanol–water partition coefficient (Wildman–Crippen LogP) is 3.06. The molecule has 122 valence electrons. The number of aryl methyl sites for hydroxylation is 1. The maximum absolute atomic E-state index is 12.6. The molecule has 23 heavy (non-hydrogen) atoms. The molecule has 1 aliphatic heterocycles. The molecule has 1 aliphatic carbocycles. The second-order valence-corrected chi connectivity index (χ2v) is 6.85. The van der Waals surface area contributed by atoms with E-state index in [-0.39, 0.29) is 17.7 Å². The van der Waals surface area contributed by atoms with Crippen molar-refractivity contribution in [3.8, 4) is 0 Å². The summed E-state index contributed by atoms with van der Waals surface area (Å²) >= 11 is 0. The number of hydrogen-bond donors (Lipinski definition) is 0. The van der Waals surface area contributed by atoms with Gasteiger partial charge in [0.2, 0.25) is 5.78 Å². The van der Waals surface area contributed by atoms with Crippen LogP contribution in [0.15, 0.2) is 24.3 Å². The fourth-order valence-corrected chi connectivity index (χ4v) is 4.07. The van der Waals surface area contributed by atoms with E-state index in [2.05, 4.69) is 0 Å². The molecule has 0 spiro atoms. The molecule has 2 fully saturated rings. The Hall–Kier alpha value is -1.97. The van der Waals surface area contributed by atoms with Crippen molar-refractivity contribution in [1.29, 1.82) is 0 Å². The molecule has 1 saturated heterocycles. The minimum Gasteiger partial charge on any atom is -0.301 e. The van der Waals surface area contributed by atoms with Crippen molar-refractivity contribution in [2.75, 3.05) is 4.90 Å². The van der Waals surface area contributed by atoms with Crippen LogP contribution in [0.25, 0.3) is 0 Å². The Balaban J connectivity index is 2.02. The quantitative estimate of drug-likeness (QED) is 0.636. The Kier molecular flexibility index (Phi) is 4.33. The lowest BCUT2D eigenvalue weighted by molar-refractivity contribution is -0.138. The average molecular weight is 313 g/mol. The lowest BCUT2D eigenvalue weighted by Gasteiger charge is -2.35. The lowest BCUT2D eigenvalue weighted by Crippen LogP contribution is -2.43. The fraction of sp³-hybridized carbons (Fsp3) is 0.526. The molecule has 2 atom stereocenters. The van der Waals surface area contributed by atoms with Crippen molar-refractivity contribution in [3.63, 3.8) is 0 Å². The first-order valence-electron chi connectivity index (χ1n) is 8.45. The van der Waals surface area contributed by atoms with Gasteiger partial charge in [0.25, 0.3) is 5.91 Å². The summed E-state index contributed by atoms with van der Waals surface area (Å²) in [6.45, 7) is 3.42. The highest BCUT2D eigenvalue weighted by atomic mass is 16.2. The lowest BCUT2D eigenvalue weighted by atomic mass is 9.77. The largest absolute Gasteiger partial charge is 0.301 e. The predicted molar refractivity (Wildman–Crippen MR) is 88.2 cm³/mol. The maximum atomic E-state index is 12.6. The summed E-state index contributed by atoms with van der Waals surface area (Å²) in [5.74, 6) is -1.81. The van der Waals surface area contributed by atoms with Gasteiger partial charge >= 0.3 is 0 Å². The molecule has 2 aliphatic rings. The number of nitrogens with zero attached hydrogens (tertiary/aromatic N) is 1. The summed E-state index contributed by atoms with van der Waals surface area (Å²) in [5.41, 5.74) is 1.83. The van der Waals surface area contributed by atoms with Crippen LogP contribution in [-0.4, -0.2) is 23.5 Å².